The normalized spacial score (nSPS) is 24.7. The Kier molecular flexibility index (Phi) is 4.68. The molecule has 0 aliphatic carbocycles. The second-order valence-electron chi connectivity index (χ2n) is 6.60. The van der Waals surface area contributed by atoms with Gasteiger partial charge in [0.05, 0.1) is 0 Å². The lowest BCUT2D eigenvalue weighted by Gasteiger charge is -2.44. The molecule has 0 aromatic carbocycles. The third kappa shape index (κ3) is 2.99. The Hall–Kier alpha value is -1.85. The Balaban J connectivity index is 1.70. The summed E-state index contributed by atoms with van der Waals surface area (Å²) in [6, 6.07) is 1.86. The minimum absolute atomic E-state index is 0.0877. The van der Waals surface area contributed by atoms with Crippen molar-refractivity contribution in [3.8, 4) is 0 Å². The average molecular weight is 318 g/mol. The molecule has 3 rings (SSSR count). The van der Waals surface area contributed by atoms with E-state index >= 15 is 0 Å². The van der Waals surface area contributed by atoms with E-state index in [1.54, 1.807) is 10.9 Å². The van der Waals surface area contributed by atoms with Crippen molar-refractivity contribution in [3.05, 3.63) is 18.5 Å². The SMILES string of the molecule is CCCN1CCCC2(CCCN2C(=O)CCn2cccn2)C1=O. The molecule has 1 unspecified atom stereocenters. The van der Waals surface area contributed by atoms with Gasteiger partial charge in [-0.2, -0.15) is 5.10 Å². The van der Waals surface area contributed by atoms with Crippen molar-refractivity contribution in [2.24, 2.45) is 0 Å². The summed E-state index contributed by atoms with van der Waals surface area (Å²) < 4.78 is 1.77. The maximum atomic E-state index is 13.0. The van der Waals surface area contributed by atoms with Gasteiger partial charge in [0, 0.05) is 45.0 Å². The van der Waals surface area contributed by atoms with E-state index in [4.69, 9.17) is 0 Å². The van der Waals surface area contributed by atoms with Gasteiger partial charge in [0.15, 0.2) is 0 Å². The maximum absolute atomic E-state index is 13.0. The molecule has 0 N–H and O–H groups in total. The molecule has 1 aromatic heterocycles. The van der Waals surface area contributed by atoms with Gasteiger partial charge in [0.25, 0.3) is 0 Å². The molecule has 0 radical (unpaired) electrons. The molecule has 3 heterocycles. The van der Waals surface area contributed by atoms with E-state index < -0.39 is 5.54 Å². The zero-order chi connectivity index (χ0) is 16.3. The van der Waals surface area contributed by atoms with E-state index in [1.807, 2.05) is 22.1 Å². The van der Waals surface area contributed by atoms with E-state index in [9.17, 15) is 9.59 Å². The lowest BCUT2D eigenvalue weighted by molar-refractivity contribution is -0.155. The minimum Gasteiger partial charge on any atom is -0.341 e. The second-order valence-corrected chi connectivity index (χ2v) is 6.60. The molecule has 1 aromatic rings. The fourth-order valence-corrected chi connectivity index (χ4v) is 4.05. The highest BCUT2D eigenvalue weighted by Gasteiger charge is 2.52. The van der Waals surface area contributed by atoms with Crippen molar-refractivity contribution < 1.29 is 9.59 Å². The molecular formula is C17H26N4O2. The standard InChI is InChI=1S/C17H26N4O2/c1-2-10-19-11-3-7-17(16(19)23)8-4-13-21(17)15(22)6-14-20-12-5-9-18-20/h5,9,12H,2-4,6-8,10-11,13-14H2,1H3. The van der Waals surface area contributed by atoms with Crippen LogP contribution in [0, 0.1) is 0 Å². The van der Waals surface area contributed by atoms with Crippen LogP contribution >= 0.6 is 0 Å². The van der Waals surface area contributed by atoms with Gasteiger partial charge in [0.1, 0.15) is 5.54 Å². The highest BCUT2D eigenvalue weighted by atomic mass is 16.2. The number of nitrogens with zero attached hydrogens (tertiary/aromatic N) is 4. The lowest BCUT2D eigenvalue weighted by Crippen LogP contribution is -2.61. The van der Waals surface area contributed by atoms with E-state index in [1.165, 1.54) is 0 Å². The Bertz CT molecular complexity index is 555. The third-order valence-electron chi connectivity index (χ3n) is 5.10. The molecule has 2 aliphatic heterocycles. The zero-order valence-electron chi connectivity index (χ0n) is 13.9. The van der Waals surface area contributed by atoms with Crippen LogP contribution in [-0.4, -0.2) is 56.6 Å². The van der Waals surface area contributed by atoms with Gasteiger partial charge in [-0.1, -0.05) is 6.92 Å². The number of likely N-dealkylation sites (tertiary alicyclic amines) is 2. The number of hydrogen-bond donors (Lipinski definition) is 0. The first-order valence-electron chi connectivity index (χ1n) is 8.74. The second kappa shape index (κ2) is 6.72. The van der Waals surface area contributed by atoms with Gasteiger partial charge in [-0.25, -0.2) is 0 Å². The van der Waals surface area contributed by atoms with Gasteiger partial charge in [-0.3, -0.25) is 14.3 Å². The maximum Gasteiger partial charge on any atom is 0.248 e. The summed E-state index contributed by atoms with van der Waals surface area (Å²) in [7, 11) is 0. The van der Waals surface area contributed by atoms with E-state index in [0.29, 0.717) is 19.5 Å². The van der Waals surface area contributed by atoms with Gasteiger partial charge in [-0.05, 0) is 38.2 Å². The Labute approximate surface area is 137 Å². The van der Waals surface area contributed by atoms with Crippen molar-refractivity contribution in [1.29, 1.82) is 0 Å². The molecule has 126 valence electrons. The van der Waals surface area contributed by atoms with Crippen molar-refractivity contribution in [2.75, 3.05) is 19.6 Å². The number of hydrogen-bond acceptors (Lipinski definition) is 3. The lowest BCUT2D eigenvalue weighted by atomic mass is 9.85. The van der Waals surface area contributed by atoms with Gasteiger partial charge >= 0.3 is 0 Å². The van der Waals surface area contributed by atoms with E-state index in [-0.39, 0.29) is 11.8 Å². The van der Waals surface area contributed by atoms with Crippen LogP contribution in [0.5, 0.6) is 0 Å². The molecule has 0 bridgehead atoms. The molecule has 1 atom stereocenters. The number of rotatable bonds is 5. The van der Waals surface area contributed by atoms with Crippen molar-refractivity contribution in [3.63, 3.8) is 0 Å². The van der Waals surface area contributed by atoms with Crippen molar-refractivity contribution >= 4 is 11.8 Å². The summed E-state index contributed by atoms with van der Waals surface area (Å²) in [6.45, 7) is 5.02. The summed E-state index contributed by atoms with van der Waals surface area (Å²) in [5, 5.41) is 4.14. The molecule has 2 amide bonds. The quantitative estimate of drug-likeness (QED) is 0.830. The monoisotopic (exact) mass is 318 g/mol. The summed E-state index contributed by atoms with van der Waals surface area (Å²) in [4.78, 5) is 29.6. The first-order chi connectivity index (χ1) is 11.2. The number of piperidine rings is 1. The van der Waals surface area contributed by atoms with Crippen LogP contribution in [0.3, 0.4) is 0 Å². The molecule has 1 spiro atoms. The zero-order valence-corrected chi connectivity index (χ0v) is 13.9. The van der Waals surface area contributed by atoms with Crippen LogP contribution in [0.2, 0.25) is 0 Å². The molecule has 2 saturated heterocycles. The Morgan fingerprint density at radius 3 is 2.74 bits per heavy atom. The molecular weight excluding hydrogens is 292 g/mol. The first kappa shape index (κ1) is 16.0. The first-order valence-corrected chi connectivity index (χ1v) is 8.74. The van der Waals surface area contributed by atoms with Gasteiger partial charge in [0.2, 0.25) is 11.8 Å². The largest absolute Gasteiger partial charge is 0.341 e. The smallest absolute Gasteiger partial charge is 0.248 e. The average Bonchev–Trinajstić information content (AvgIpc) is 3.20. The predicted molar refractivity (Wildman–Crippen MR) is 86.6 cm³/mol. The van der Waals surface area contributed by atoms with Crippen LogP contribution in [0.25, 0.3) is 0 Å². The summed E-state index contributed by atoms with van der Waals surface area (Å²) in [6.07, 6.45) is 8.52. The highest BCUT2D eigenvalue weighted by molar-refractivity contribution is 5.92. The molecule has 0 saturated carbocycles. The number of aromatic nitrogens is 2. The van der Waals surface area contributed by atoms with E-state index in [0.717, 1.165) is 45.2 Å². The summed E-state index contributed by atoms with van der Waals surface area (Å²) in [5.41, 5.74) is -0.561. The van der Waals surface area contributed by atoms with Crippen LogP contribution in [0.4, 0.5) is 0 Å². The number of carbonyl (C=O) groups excluding carboxylic acids is 2. The molecule has 2 fully saturated rings. The molecule has 23 heavy (non-hydrogen) atoms. The Morgan fingerprint density at radius 2 is 2.04 bits per heavy atom. The molecule has 6 nitrogen and oxygen atoms in total. The number of aryl methyl sites for hydroxylation is 1. The number of carbonyl (C=O) groups is 2. The van der Waals surface area contributed by atoms with Gasteiger partial charge < -0.3 is 9.80 Å². The van der Waals surface area contributed by atoms with Crippen LogP contribution in [0.1, 0.15) is 45.4 Å². The number of amides is 2. The summed E-state index contributed by atoms with van der Waals surface area (Å²) >= 11 is 0. The van der Waals surface area contributed by atoms with E-state index in [2.05, 4.69) is 12.0 Å². The van der Waals surface area contributed by atoms with Crippen LogP contribution in [0.15, 0.2) is 18.5 Å². The third-order valence-corrected chi connectivity index (χ3v) is 5.10. The predicted octanol–water partition coefficient (Wildman–Crippen LogP) is 1.67. The van der Waals surface area contributed by atoms with Crippen molar-refractivity contribution in [2.45, 2.75) is 57.5 Å². The van der Waals surface area contributed by atoms with Crippen LogP contribution < -0.4 is 0 Å². The topological polar surface area (TPSA) is 58.4 Å². The molecule has 6 heteroatoms. The van der Waals surface area contributed by atoms with Gasteiger partial charge in [-0.15, -0.1) is 0 Å². The fraction of sp³-hybridized carbons (Fsp3) is 0.706. The highest BCUT2D eigenvalue weighted by Crippen LogP contribution is 2.38. The van der Waals surface area contributed by atoms with Crippen molar-refractivity contribution in [1.82, 2.24) is 19.6 Å². The Morgan fingerprint density at radius 1 is 1.26 bits per heavy atom. The summed E-state index contributed by atoms with van der Waals surface area (Å²) in [5.74, 6) is 0.264. The van der Waals surface area contributed by atoms with Crippen LogP contribution in [-0.2, 0) is 16.1 Å². The fourth-order valence-electron chi connectivity index (χ4n) is 4.05. The molecule has 2 aliphatic rings. The minimum atomic E-state index is -0.561.